The summed E-state index contributed by atoms with van der Waals surface area (Å²) in [5.41, 5.74) is -0.533. The quantitative estimate of drug-likeness (QED) is 0.708. The maximum absolute atomic E-state index is 13.1. The second-order valence-corrected chi connectivity index (χ2v) is 3.33. The minimum Gasteiger partial charge on any atom is -0.386 e. The number of halogens is 1. The molecule has 0 aromatic heterocycles. The molecule has 0 aliphatic heterocycles. The molecule has 0 aliphatic carbocycles. The average molecular weight is 180 g/mol. The van der Waals surface area contributed by atoms with Crippen molar-refractivity contribution in [3.8, 4) is 0 Å². The maximum atomic E-state index is 13.1. The molecule has 1 nitrogen and oxygen atoms in total. The molecule has 1 atom stereocenters. The van der Waals surface area contributed by atoms with Gasteiger partial charge in [0.1, 0.15) is 5.82 Å². The van der Waals surface area contributed by atoms with Crippen LogP contribution in [0.15, 0.2) is 36.9 Å². The van der Waals surface area contributed by atoms with E-state index in [9.17, 15) is 9.50 Å². The van der Waals surface area contributed by atoms with E-state index in [1.165, 1.54) is 12.1 Å². The maximum Gasteiger partial charge on any atom is 0.126 e. The SMILES string of the molecule is C=CC(C)(O)Cc1ccccc1F. The Morgan fingerprint density at radius 2 is 2.15 bits per heavy atom. The van der Waals surface area contributed by atoms with E-state index >= 15 is 0 Å². The summed E-state index contributed by atoms with van der Waals surface area (Å²) >= 11 is 0. The van der Waals surface area contributed by atoms with Crippen molar-refractivity contribution in [2.45, 2.75) is 18.9 Å². The zero-order chi connectivity index (χ0) is 9.90. The van der Waals surface area contributed by atoms with Crippen molar-refractivity contribution in [3.05, 3.63) is 48.3 Å². The van der Waals surface area contributed by atoms with Gasteiger partial charge in [0, 0.05) is 6.42 Å². The fourth-order valence-electron chi connectivity index (χ4n) is 1.10. The van der Waals surface area contributed by atoms with Crippen LogP contribution in [0.4, 0.5) is 4.39 Å². The van der Waals surface area contributed by atoms with Crippen LogP contribution >= 0.6 is 0 Å². The van der Waals surface area contributed by atoms with Gasteiger partial charge < -0.3 is 5.11 Å². The lowest BCUT2D eigenvalue weighted by Crippen LogP contribution is -2.24. The molecule has 0 aliphatic rings. The third-order valence-electron chi connectivity index (χ3n) is 1.95. The predicted molar refractivity (Wildman–Crippen MR) is 50.9 cm³/mol. The number of hydrogen-bond acceptors (Lipinski definition) is 1. The second-order valence-electron chi connectivity index (χ2n) is 3.33. The Labute approximate surface area is 77.5 Å². The second kappa shape index (κ2) is 3.71. The van der Waals surface area contributed by atoms with E-state index in [4.69, 9.17) is 0 Å². The summed E-state index contributed by atoms with van der Waals surface area (Å²) in [6.07, 6.45) is 1.67. The van der Waals surface area contributed by atoms with Crippen molar-refractivity contribution in [3.63, 3.8) is 0 Å². The van der Waals surface area contributed by atoms with E-state index in [1.807, 2.05) is 0 Å². The molecule has 0 bridgehead atoms. The highest BCUT2D eigenvalue weighted by molar-refractivity contribution is 5.20. The Kier molecular flexibility index (Phi) is 2.83. The van der Waals surface area contributed by atoms with Crippen molar-refractivity contribution >= 4 is 0 Å². The van der Waals surface area contributed by atoms with Gasteiger partial charge in [-0.25, -0.2) is 4.39 Å². The highest BCUT2D eigenvalue weighted by Crippen LogP contribution is 2.16. The minimum absolute atomic E-state index is 0.253. The van der Waals surface area contributed by atoms with Gasteiger partial charge in [0.05, 0.1) is 5.60 Å². The van der Waals surface area contributed by atoms with Crippen molar-refractivity contribution in [2.24, 2.45) is 0 Å². The average Bonchev–Trinajstić information content (AvgIpc) is 2.09. The highest BCUT2D eigenvalue weighted by atomic mass is 19.1. The zero-order valence-corrected chi connectivity index (χ0v) is 7.63. The molecule has 0 heterocycles. The Hall–Kier alpha value is -1.15. The predicted octanol–water partition coefficient (Wildman–Crippen LogP) is 2.31. The number of benzene rings is 1. The van der Waals surface area contributed by atoms with Gasteiger partial charge in [0.15, 0.2) is 0 Å². The lowest BCUT2D eigenvalue weighted by atomic mass is 9.96. The van der Waals surface area contributed by atoms with Crippen LogP contribution < -0.4 is 0 Å². The highest BCUT2D eigenvalue weighted by Gasteiger charge is 2.17. The molecule has 70 valence electrons. The van der Waals surface area contributed by atoms with Crippen LogP contribution in [0.25, 0.3) is 0 Å². The van der Waals surface area contributed by atoms with Gasteiger partial charge in [0.25, 0.3) is 0 Å². The molecule has 1 rings (SSSR count). The normalized spacial score (nSPS) is 15.0. The monoisotopic (exact) mass is 180 g/mol. The third kappa shape index (κ3) is 2.67. The topological polar surface area (TPSA) is 20.2 Å². The Balaban J connectivity index is 2.86. The molecule has 1 aromatic carbocycles. The van der Waals surface area contributed by atoms with Crippen LogP contribution in [0, 0.1) is 5.82 Å². The van der Waals surface area contributed by atoms with E-state index in [0.29, 0.717) is 5.56 Å². The summed E-state index contributed by atoms with van der Waals surface area (Å²) in [5.74, 6) is -0.287. The molecule has 0 saturated heterocycles. The standard InChI is InChI=1S/C11H13FO/c1-3-11(2,13)8-9-6-4-5-7-10(9)12/h3-7,13H,1,8H2,2H3. The molecule has 1 N–H and O–H groups in total. The summed E-state index contributed by atoms with van der Waals surface area (Å²) in [7, 11) is 0. The van der Waals surface area contributed by atoms with E-state index in [1.54, 1.807) is 25.1 Å². The van der Waals surface area contributed by atoms with Gasteiger partial charge in [-0.1, -0.05) is 24.3 Å². The Morgan fingerprint density at radius 3 is 2.69 bits per heavy atom. The molecule has 1 unspecified atom stereocenters. The largest absolute Gasteiger partial charge is 0.386 e. The summed E-state index contributed by atoms with van der Waals surface area (Å²) < 4.78 is 13.1. The first-order chi connectivity index (χ1) is 6.05. The lowest BCUT2D eigenvalue weighted by molar-refractivity contribution is 0.111. The first-order valence-electron chi connectivity index (χ1n) is 4.14. The van der Waals surface area contributed by atoms with Crippen molar-refractivity contribution < 1.29 is 9.50 Å². The molecule has 0 spiro atoms. The van der Waals surface area contributed by atoms with Gasteiger partial charge in [-0.2, -0.15) is 0 Å². The van der Waals surface area contributed by atoms with E-state index in [0.717, 1.165) is 0 Å². The van der Waals surface area contributed by atoms with Crippen LogP contribution in [0.5, 0.6) is 0 Å². The minimum atomic E-state index is -1.04. The Morgan fingerprint density at radius 1 is 1.54 bits per heavy atom. The van der Waals surface area contributed by atoms with Crippen LogP contribution in [0.1, 0.15) is 12.5 Å². The van der Waals surface area contributed by atoms with Gasteiger partial charge in [-0.3, -0.25) is 0 Å². The van der Waals surface area contributed by atoms with E-state index in [2.05, 4.69) is 6.58 Å². The zero-order valence-electron chi connectivity index (χ0n) is 7.63. The van der Waals surface area contributed by atoms with Crippen molar-refractivity contribution in [1.29, 1.82) is 0 Å². The molecule has 1 aromatic rings. The summed E-state index contributed by atoms with van der Waals surface area (Å²) in [6, 6.07) is 6.42. The first-order valence-corrected chi connectivity index (χ1v) is 4.14. The van der Waals surface area contributed by atoms with Gasteiger partial charge in [-0.05, 0) is 18.6 Å². The summed E-state index contributed by atoms with van der Waals surface area (Å²) in [6.45, 7) is 5.09. The van der Waals surface area contributed by atoms with E-state index < -0.39 is 5.60 Å². The molecular weight excluding hydrogens is 167 g/mol. The third-order valence-corrected chi connectivity index (χ3v) is 1.95. The van der Waals surface area contributed by atoms with Gasteiger partial charge >= 0.3 is 0 Å². The van der Waals surface area contributed by atoms with Crippen molar-refractivity contribution in [2.75, 3.05) is 0 Å². The molecule has 0 saturated carbocycles. The fraction of sp³-hybridized carbons (Fsp3) is 0.273. The van der Waals surface area contributed by atoms with Gasteiger partial charge in [0.2, 0.25) is 0 Å². The van der Waals surface area contributed by atoms with Gasteiger partial charge in [-0.15, -0.1) is 6.58 Å². The molecule has 0 fully saturated rings. The fourth-order valence-corrected chi connectivity index (χ4v) is 1.10. The van der Waals surface area contributed by atoms with Crippen LogP contribution in [-0.2, 0) is 6.42 Å². The van der Waals surface area contributed by atoms with Crippen LogP contribution in [-0.4, -0.2) is 10.7 Å². The Bertz CT molecular complexity index is 305. The van der Waals surface area contributed by atoms with E-state index in [-0.39, 0.29) is 12.2 Å². The number of hydrogen-bond donors (Lipinski definition) is 1. The summed E-state index contributed by atoms with van der Waals surface area (Å²) in [4.78, 5) is 0. The molecule has 2 heteroatoms. The smallest absolute Gasteiger partial charge is 0.126 e. The molecular formula is C11H13FO. The molecule has 0 amide bonds. The van der Waals surface area contributed by atoms with Crippen LogP contribution in [0.2, 0.25) is 0 Å². The summed E-state index contributed by atoms with van der Waals surface area (Å²) in [5, 5.41) is 9.62. The molecule has 0 radical (unpaired) electrons. The molecule has 13 heavy (non-hydrogen) atoms. The number of rotatable bonds is 3. The van der Waals surface area contributed by atoms with Crippen LogP contribution in [0.3, 0.4) is 0 Å². The first kappa shape index (κ1) is 9.93. The lowest BCUT2D eigenvalue weighted by Gasteiger charge is -2.18. The number of aliphatic hydroxyl groups is 1. The van der Waals surface area contributed by atoms with Crippen molar-refractivity contribution in [1.82, 2.24) is 0 Å².